The first-order valence-corrected chi connectivity index (χ1v) is 5.21. The van der Waals surface area contributed by atoms with E-state index >= 15 is 0 Å². The van der Waals surface area contributed by atoms with Gasteiger partial charge in [0.2, 0.25) is 0 Å². The monoisotopic (exact) mass is 256 g/mol. The summed E-state index contributed by atoms with van der Waals surface area (Å²) in [5.74, 6) is 0. The van der Waals surface area contributed by atoms with Gasteiger partial charge in [-0.2, -0.15) is 13.2 Å². The van der Waals surface area contributed by atoms with Gasteiger partial charge in [-0.1, -0.05) is 11.3 Å². The van der Waals surface area contributed by atoms with Crippen molar-refractivity contribution in [2.24, 2.45) is 5.73 Å². The van der Waals surface area contributed by atoms with Crippen LogP contribution in [0.25, 0.3) is 5.69 Å². The van der Waals surface area contributed by atoms with E-state index in [0.29, 0.717) is 16.9 Å². The van der Waals surface area contributed by atoms with Crippen LogP contribution >= 0.6 is 0 Å². The maximum absolute atomic E-state index is 12.6. The predicted molar refractivity (Wildman–Crippen MR) is 59.0 cm³/mol. The molecule has 0 bridgehead atoms. The summed E-state index contributed by atoms with van der Waals surface area (Å²) < 4.78 is 39.2. The summed E-state index contributed by atoms with van der Waals surface area (Å²) in [5.41, 5.74) is 6.21. The second-order valence-corrected chi connectivity index (χ2v) is 3.86. The molecular weight excluding hydrogens is 245 g/mol. The molecule has 1 aromatic heterocycles. The molecule has 0 aliphatic rings. The van der Waals surface area contributed by atoms with Crippen LogP contribution in [0.1, 0.15) is 16.8 Å². The highest BCUT2D eigenvalue weighted by Gasteiger charge is 2.31. The van der Waals surface area contributed by atoms with Crippen molar-refractivity contribution in [3.05, 3.63) is 41.2 Å². The van der Waals surface area contributed by atoms with Gasteiger partial charge in [-0.15, -0.1) is 5.10 Å². The van der Waals surface area contributed by atoms with E-state index in [1.807, 2.05) is 0 Å². The summed E-state index contributed by atoms with van der Waals surface area (Å²) in [7, 11) is 0. The quantitative estimate of drug-likeness (QED) is 0.894. The van der Waals surface area contributed by atoms with Crippen LogP contribution in [0.5, 0.6) is 0 Å². The third-order valence-corrected chi connectivity index (χ3v) is 2.53. The number of aryl methyl sites for hydroxylation is 1. The number of hydrogen-bond acceptors (Lipinski definition) is 3. The zero-order valence-corrected chi connectivity index (χ0v) is 9.57. The summed E-state index contributed by atoms with van der Waals surface area (Å²) in [6, 6.07) is 3.49. The summed E-state index contributed by atoms with van der Waals surface area (Å²) in [6.45, 7) is 1.90. The molecule has 0 saturated heterocycles. The Morgan fingerprint density at radius 3 is 2.61 bits per heavy atom. The Kier molecular flexibility index (Phi) is 3.08. The molecule has 0 aliphatic heterocycles. The van der Waals surface area contributed by atoms with Crippen LogP contribution in [0.4, 0.5) is 13.2 Å². The second kappa shape index (κ2) is 4.41. The third kappa shape index (κ3) is 2.35. The summed E-state index contributed by atoms with van der Waals surface area (Å²) in [4.78, 5) is 0. The Bertz CT molecular complexity index is 560. The van der Waals surface area contributed by atoms with Gasteiger partial charge in [-0.25, -0.2) is 4.68 Å². The molecular formula is C11H11F3N4. The Morgan fingerprint density at radius 2 is 2.06 bits per heavy atom. The highest BCUT2D eigenvalue weighted by atomic mass is 19.4. The molecule has 0 saturated carbocycles. The molecule has 1 aromatic carbocycles. The highest BCUT2D eigenvalue weighted by Crippen LogP contribution is 2.31. The minimum atomic E-state index is -4.38. The Hall–Kier alpha value is -1.89. The molecule has 1 heterocycles. The second-order valence-electron chi connectivity index (χ2n) is 3.86. The van der Waals surface area contributed by atoms with E-state index in [1.54, 1.807) is 6.92 Å². The van der Waals surface area contributed by atoms with E-state index in [2.05, 4.69) is 10.3 Å². The normalized spacial score (nSPS) is 11.8. The van der Waals surface area contributed by atoms with Crippen LogP contribution in [0.3, 0.4) is 0 Å². The maximum atomic E-state index is 12.6. The first-order chi connectivity index (χ1) is 8.41. The fraction of sp³-hybridized carbons (Fsp3) is 0.273. The van der Waals surface area contributed by atoms with Gasteiger partial charge in [-0.05, 0) is 24.6 Å². The van der Waals surface area contributed by atoms with E-state index in [4.69, 9.17) is 5.73 Å². The summed E-state index contributed by atoms with van der Waals surface area (Å²) in [5, 5.41) is 7.51. The van der Waals surface area contributed by atoms with Gasteiger partial charge in [0.15, 0.2) is 0 Å². The lowest BCUT2D eigenvalue weighted by Gasteiger charge is -2.10. The topological polar surface area (TPSA) is 56.7 Å². The number of rotatable bonds is 2. The molecule has 2 rings (SSSR count). The number of nitrogens with zero attached hydrogens (tertiary/aromatic N) is 3. The smallest absolute Gasteiger partial charge is 0.325 e. The molecule has 0 fully saturated rings. The largest absolute Gasteiger partial charge is 0.416 e. The number of aromatic nitrogens is 3. The van der Waals surface area contributed by atoms with Crippen molar-refractivity contribution < 1.29 is 13.2 Å². The van der Waals surface area contributed by atoms with Gasteiger partial charge < -0.3 is 5.73 Å². The molecule has 18 heavy (non-hydrogen) atoms. The Labute approximate surface area is 101 Å². The number of alkyl halides is 3. The van der Waals surface area contributed by atoms with Crippen molar-refractivity contribution in [1.82, 2.24) is 15.0 Å². The SMILES string of the molecule is Cc1ccc(C(F)(F)F)cc1-n1cc(CN)nn1. The van der Waals surface area contributed by atoms with Crippen molar-refractivity contribution in [2.45, 2.75) is 19.6 Å². The average Bonchev–Trinajstić information content (AvgIpc) is 2.76. The number of halogens is 3. The molecule has 2 N–H and O–H groups in total. The van der Waals surface area contributed by atoms with Gasteiger partial charge in [0, 0.05) is 6.54 Å². The zero-order chi connectivity index (χ0) is 13.3. The van der Waals surface area contributed by atoms with Gasteiger partial charge in [-0.3, -0.25) is 0 Å². The number of benzene rings is 1. The fourth-order valence-electron chi connectivity index (χ4n) is 1.54. The van der Waals surface area contributed by atoms with Crippen molar-refractivity contribution in [2.75, 3.05) is 0 Å². The zero-order valence-electron chi connectivity index (χ0n) is 9.57. The van der Waals surface area contributed by atoms with Crippen LogP contribution in [0.15, 0.2) is 24.4 Å². The van der Waals surface area contributed by atoms with E-state index in [1.165, 1.54) is 16.9 Å². The van der Waals surface area contributed by atoms with E-state index in [-0.39, 0.29) is 6.54 Å². The molecule has 0 unspecified atom stereocenters. The standard InChI is InChI=1S/C11H11F3N4/c1-7-2-3-8(11(12,13)14)4-10(7)18-6-9(5-15)16-17-18/h2-4,6H,5,15H2,1H3. The van der Waals surface area contributed by atoms with E-state index < -0.39 is 11.7 Å². The number of nitrogens with two attached hydrogens (primary N) is 1. The van der Waals surface area contributed by atoms with E-state index in [0.717, 1.165) is 12.1 Å². The molecule has 0 spiro atoms. The highest BCUT2D eigenvalue weighted by molar-refractivity contribution is 5.43. The lowest BCUT2D eigenvalue weighted by molar-refractivity contribution is -0.137. The van der Waals surface area contributed by atoms with Crippen LogP contribution in [0, 0.1) is 6.92 Å². The third-order valence-electron chi connectivity index (χ3n) is 2.53. The van der Waals surface area contributed by atoms with Crippen LogP contribution in [-0.2, 0) is 12.7 Å². The van der Waals surface area contributed by atoms with Gasteiger partial charge in [0.25, 0.3) is 0 Å². The lowest BCUT2D eigenvalue weighted by Crippen LogP contribution is -2.07. The summed E-state index contributed by atoms with van der Waals surface area (Å²) in [6.07, 6.45) is -2.86. The van der Waals surface area contributed by atoms with Crippen LogP contribution < -0.4 is 5.73 Å². The first-order valence-electron chi connectivity index (χ1n) is 5.21. The molecule has 4 nitrogen and oxygen atoms in total. The lowest BCUT2D eigenvalue weighted by atomic mass is 10.1. The first kappa shape index (κ1) is 12.6. The Balaban J connectivity index is 2.49. The number of hydrogen-bond donors (Lipinski definition) is 1. The molecule has 0 aliphatic carbocycles. The minimum Gasteiger partial charge on any atom is -0.325 e. The van der Waals surface area contributed by atoms with Crippen molar-refractivity contribution in [3.63, 3.8) is 0 Å². The van der Waals surface area contributed by atoms with Crippen molar-refractivity contribution in [1.29, 1.82) is 0 Å². The Morgan fingerprint density at radius 1 is 1.33 bits per heavy atom. The van der Waals surface area contributed by atoms with Gasteiger partial charge in [0.1, 0.15) is 0 Å². The van der Waals surface area contributed by atoms with Crippen molar-refractivity contribution in [3.8, 4) is 5.69 Å². The maximum Gasteiger partial charge on any atom is 0.416 e. The molecule has 0 amide bonds. The summed E-state index contributed by atoms with van der Waals surface area (Å²) >= 11 is 0. The van der Waals surface area contributed by atoms with Crippen LogP contribution in [-0.4, -0.2) is 15.0 Å². The minimum absolute atomic E-state index is 0.192. The fourth-order valence-corrected chi connectivity index (χ4v) is 1.54. The predicted octanol–water partition coefficient (Wildman–Crippen LogP) is 2.05. The van der Waals surface area contributed by atoms with Gasteiger partial charge in [0.05, 0.1) is 23.1 Å². The van der Waals surface area contributed by atoms with E-state index in [9.17, 15) is 13.2 Å². The molecule has 0 atom stereocenters. The average molecular weight is 256 g/mol. The molecule has 96 valence electrons. The molecule has 7 heteroatoms. The molecule has 0 radical (unpaired) electrons. The van der Waals surface area contributed by atoms with Crippen LogP contribution in [0.2, 0.25) is 0 Å². The molecule has 2 aromatic rings. The van der Waals surface area contributed by atoms with Gasteiger partial charge >= 0.3 is 6.18 Å². The van der Waals surface area contributed by atoms with Crippen molar-refractivity contribution >= 4 is 0 Å².